The zero-order chi connectivity index (χ0) is 20.7. The van der Waals surface area contributed by atoms with Gasteiger partial charge in [-0.25, -0.2) is 12.8 Å². The van der Waals surface area contributed by atoms with Gasteiger partial charge in [-0.1, -0.05) is 62.4 Å². The van der Waals surface area contributed by atoms with E-state index in [9.17, 15) is 17.6 Å². The number of amides is 1. The Kier molecular flexibility index (Phi) is 7.71. The van der Waals surface area contributed by atoms with Gasteiger partial charge < -0.3 is 5.32 Å². The normalized spacial score (nSPS) is 12.9. The number of carbonyl (C=O) groups excluding carboxylic acids is 1. The molecule has 0 aliphatic carbocycles. The molecule has 2 rings (SSSR count). The van der Waals surface area contributed by atoms with E-state index >= 15 is 0 Å². The topological polar surface area (TPSA) is 66.5 Å². The molecule has 1 N–H and O–H groups in total. The molecular formula is C21H27FN2O3S. The summed E-state index contributed by atoms with van der Waals surface area (Å²) in [6.07, 6.45) is 1.74. The van der Waals surface area contributed by atoms with Crippen molar-refractivity contribution in [3.8, 4) is 0 Å². The summed E-state index contributed by atoms with van der Waals surface area (Å²) in [5, 5.41) is 2.93. The van der Waals surface area contributed by atoms with E-state index < -0.39 is 21.7 Å². The van der Waals surface area contributed by atoms with Crippen LogP contribution in [0.3, 0.4) is 0 Å². The van der Waals surface area contributed by atoms with Crippen LogP contribution in [0.25, 0.3) is 0 Å². The van der Waals surface area contributed by atoms with E-state index in [1.165, 1.54) is 18.2 Å². The lowest BCUT2D eigenvalue weighted by Gasteiger charge is -2.24. The third-order valence-corrected chi connectivity index (χ3v) is 5.53. The number of hydrogen-bond acceptors (Lipinski definition) is 3. The minimum absolute atomic E-state index is 0.195. The summed E-state index contributed by atoms with van der Waals surface area (Å²) in [5.41, 5.74) is 1.19. The van der Waals surface area contributed by atoms with Crippen LogP contribution >= 0.6 is 0 Å². The first kappa shape index (κ1) is 22.0. The zero-order valence-electron chi connectivity index (χ0n) is 16.4. The van der Waals surface area contributed by atoms with E-state index in [4.69, 9.17) is 0 Å². The smallest absolute Gasteiger partial charge is 0.235 e. The average Bonchev–Trinajstić information content (AvgIpc) is 2.62. The molecule has 28 heavy (non-hydrogen) atoms. The Labute approximate surface area is 166 Å². The lowest BCUT2D eigenvalue weighted by Crippen LogP contribution is -2.41. The fraction of sp³-hybridized carbons (Fsp3) is 0.381. The molecule has 0 aromatic heterocycles. The molecule has 1 amide bonds. The molecule has 152 valence electrons. The van der Waals surface area contributed by atoms with Gasteiger partial charge in [0.1, 0.15) is 5.82 Å². The Morgan fingerprint density at radius 3 is 2.25 bits per heavy atom. The van der Waals surface area contributed by atoms with Gasteiger partial charge in [0.2, 0.25) is 15.9 Å². The van der Waals surface area contributed by atoms with Gasteiger partial charge >= 0.3 is 0 Å². The van der Waals surface area contributed by atoms with Crippen LogP contribution in [0.2, 0.25) is 0 Å². The molecule has 0 heterocycles. The predicted octanol–water partition coefficient (Wildman–Crippen LogP) is 3.49. The van der Waals surface area contributed by atoms with Crippen LogP contribution in [-0.2, 0) is 21.4 Å². The summed E-state index contributed by atoms with van der Waals surface area (Å²) in [6, 6.07) is 15.3. The molecule has 0 saturated heterocycles. The Morgan fingerprint density at radius 2 is 1.68 bits per heavy atom. The van der Waals surface area contributed by atoms with E-state index in [2.05, 4.69) is 19.2 Å². The maximum Gasteiger partial charge on any atom is 0.235 e. The molecule has 2 aromatic rings. The van der Waals surface area contributed by atoms with E-state index in [0.29, 0.717) is 5.92 Å². The van der Waals surface area contributed by atoms with Crippen LogP contribution in [0.1, 0.15) is 37.4 Å². The molecule has 0 radical (unpaired) electrons. The SMILES string of the molecule is CC(C)C[C@H](NC(=O)CN(Cc1ccccc1F)S(C)(=O)=O)c1ccccc1. The largest absolute Gasteiger partial charge is 0.348 e. The van der Waals surface area contributed by atoms with Crippen molar-refractivity contribution < 1.29 is 17.6 Å². The van der Waals surface area contributed by atoms with E-state index in [-0.39, 0.29) is 24.7 Å². The van der Waals surface area contributed by atoms with Crippen molar-refractivity contribution in [2.24, 2.45) is 5.92 Å². The Hall–Kier alpha value is -2.25. The summed E-state index contributed by atoms with van der Waals surface area (Å²) in [4.78, 5) is 12.6. The standard InChI is InChI=1S/C21H27FN2O3S/c1-16(2)13-20(17-9-5-4-6-10-17)23-21(25)15-24(28(3,26)27)14-18-11-7-8-12-19(18)22/h4-12,16,20H,13-15H2,1-3H3,(H,23,25)/t20-/m0/s1. The molecule has 0 bridgehead atoms. The Morgan fingerprint density at radius 1 is 1.07 bits per heavy atom. The number of sulfonamides is 1. The zero-order valence-corrected chi connectivity index (χ0v) is 17.2. The Bertz CT molecular complexity index is 886. The van der Waals surface area contributed by atoms with Crippen molar-refractivity contribution in [1.82, 2.24) is 9.62 Å². The van der Waals surface area contributed by atoms with Gasteiger partial charge in [-0.2, -0.15) is 4.31 Å². The van der Waals surface area contributed by atoms with Crippen LogP contribution in [-0.4, -0.2) is 31.4 Å². The third kappa shape index (κ3) is 6.73. The molecule has 0 aliphatic heterocycles. The molecule has 2 aromatic carbocycles. The van der Waals surface area contributed by atoms with E-state index in [1.807, 2.05) is 30.3 Å². The van der Waals surface area contributed by atoms with Gasteiger partial charge in [0.15, 0.2) is 0 Å². The molecule has 0 fully saturated rings. The highest BCUT2D eigenvalue weighted by Crippen LogP contribution is 2.21. The van der Waals surface area contributed by atoms with Gasteiger partial charge in [0, 0.05) is 12.1 Å². The second-order valence-electron chi connectivity index (χ2n) is 7.28. The lowest BCUT2D eigenvalue weighted by atomic mass is 9.97. The number of rotatable bonds is 9. The summed E-state index contributed by atoms with van der Waals surface area (Å²) in [6.45, 7) is 3.56. The van der Waals surface area contributed by atoms with Crippen LogP contribution < -0.4 is 5.32 Å². The molecule has 5 nitrogen and oxygen atoms in total. The monoisotopic (exact) mass is 406 g/mol. The molecule has 7 heteroatoms. The van der Waals surface area contributed by atoms with E-state index in [1.54, 1.807) is 6.07 Å². The van der Waals surface area contributed by atoms with Crippen LogP contribution in [0, 0.1) is 11.7 Å². The molecule has 0 spiro atoms. The first-order valence-electron chi connectivity index (χ1n) is 9.19. The summed E-state index contributed by atoms with van der Waals surface area (Å²) in [5.74, 6) is -0.579. The highest BCUT2D eigenvalue weighted by Gasteiger charge is 2.24. The molecule has 1 atom stereocenters. The van der Waals surface area contributed by atoms with Gasteiger partial charge in [-0.3, -0.25) is 4.79 Å². The number of halogens is 1. The first-order chi connectivity index (χ1) is 13.2. The van der Waals surface area contributed by atoms with Crippen LogP contribution in [0.5, 0.6) is 0 Å². The second-order valence-corrected chi connectivity index (χ2v) is 9.27. The van der Waals surface area contributed by atoms with Crippen molar-refractivity contribution in [3.63, 3.8) is 0 Å². The first-order valence-corrected chi connectivity index (χ1v) is 11.0. The van der Waals surface area contributed by atoms with Crippen molar-refractivity contribution in [2.75, 3.05) is 12.8 Å². The van der Waals surface area contributed by atoms with Gasteiger partial charge in [0.05, 0.1) is 18.8 Å². The van der Waals surface area contributed by atoms with Crippen molar-refractivity contribution in [2.45, 2.75) is 32.9 Å². The van der Waals surface area contributed by atoms with Gasteiger partial charge in [-0.05, 0) is 24.0 Å². The molecule has 0 saturated carbocycles. The van der Waals surface area contributed by atoms with Crippen LogP contribution in [0.4, 0.5) is 4.39 Å². The summed E-state index contributed by atoms with van der Waals surface area (Å²) >= 11 is 0. The van der Waals surface area contributed by atoms with E-state index in [0.717, 1.165) is 22.5 Å². The highest BCUT2D eigenvalue weighted by molar-refractivity contribution is 7.88. The number of nitrogens with one attached hydrogen (secondary N) is 1. The van der Waals surface area contributed by atoms with Gasteiger partial charge in [-0.15, -0.1) is 0 Å². The molecule has 0 aliphatic rings. The summed E-state index contributed by atoms with van der Waals surface area (Å²) in [7, 11) is -3.69. The van der Waals surface area contributed by atoms with Gasteiger partial charge in [0.25, 0.3) is 0 Å². The fourth-order valence-corrected chi connectivity index (χ4v) is 3.67. The fourth-order valence-electron chi connectivity index (χ4n) is 2.94. The van der Waals surface area contributed by atoms with Crippen molar-refractivity contribution >= 4 is 15.9 Å². The second kappa shape index (κ2) is 9.80. The predicted molar refractivity (Wildman–Crippen MR) is 108 cm³/mol. The quantitative estimate of drug-likeness (QED) is 0.693. The van der Waals surface area contributed by atoms with Crippen LogP contribution in [0.15, 0.2) is 54.6 Å². The number of hydrogen-bond donors (Lipinski definition) is 1. The minimum Gasteiger partial charge on any atom is -0.348 e. The number of benzene rings is 2. The maximum atomic E-state index is 13.9. The lowest BCUT2D eigenvalue weighted by molar-refractivity contribution is -0.122. The summed E-state index contributed by atoms with van der Waals surface area (Å²) < 4.78 is 39.2. The highest BCUT2D eigenvalue weighted by atomic mass is 32.2. The van der Waals surface area contributed by atoms with Crippen molar-refractivity contribution in [1.29, 1.82) is 0 Å². The molecule has 0 unspecified atom stereocenters. The third-order valence-electron chi connectivity index (χ3n) is 4.34. The average molecular weight is 407 g/mol. The van der Waals surface area contributed by atoms with Crippen molar-refractivity contribution in [3.05, 3.63) is 71.5 Å². The maximum absolute atomic E-state index is 13.9. The molecular weight excluding hydrogens is 379 g/mol. The number of carbonyl (C=O) groups is 1. The number of nitrogens with zero attached hydrogens (tertiary/aromatic N) is 1. The Balaban J connectivity index is 2.14. The minimum atomic E-state index is -3.69.